The zero-order valence-electron chi connectivity index (χ0n) is 15.6. The third kappa shape index (κ3) is 4.40. The molecule has 9 heteroatoms. The lowest BCUT2D eigenvalue weighted by Crippen LogP contribution is -2.40. The molecule has 150 valence electrons. The van der Waals surface area contributed by atoms with Crippen molar-refractivity contribution in [3.63, 3.8) is 0 Å². The van der Waals surface area contributed by atoms with E-state index in [1.165, 1.54) is 19.2 Å². The van der Waals surface area contributed by atoms with E-state index in [0.717, 1.165) is 0 Å². The van der Waals surface area contributed by atoms with Gasteiger partial charge in [0.05, 0.1) is 20.3 Å². The predicted molar refractivity (Wildman–Crippen MR) is 107 cm³/mol. The van der Waals surface area contributed by atoms with E-state index in [1.54, 1.807) is 36.1 Å². The maximum atomic E-state index is 12.9. The number of aryl methyl sites for hydroxylation is 1. The highest BCUT2D eigenvalue weighted by Crippen LogP contribution is 2.31. The van der Waals surface area contributed by atoms with Gasteiger partial charge >= 0.3 is 0 Å². The SMILES string of the molecule is COc1cc(C)c(Cl)cc1S(=O)(=O)Nc1cccc(C(=O)N2CCOCC2)c1. The lowest BCUT2D eigenvalue weighted by atomic mass is 10.1. The summed E-state index contributed by atoms with van der Waals surface area (Å²) in [5.41, 5.74) is 1.38. The molecule has 1 fully saturated rings. The first kappa shape index (κ1) is 20.4. The summed E-state index contributed by atoms with van der Waals surface area (Å²) in [5.74, 6) is 0.0234. The molecule has 3 rings (SSSR count). The van der Waals surface area contributed by atoms with Crippen LogP contribution in [0, 0.1) is 6.92 Å². The second-order valence-electron chi connectivity index (χ2n) is 6.34. The molecule has 28 heavy (non-hydrogen) atoms. The van der Waals surface area contributed by atoms with Crippen LogP contribution in [-0.2, 0) is 14.8 Å². The number of halogens is 1. The molecule has 7 nitrogen and oxygen atoms in total. The molecule has 0 unspecified atom stereocenters. The molecule has 1 heterocycles. The van der Waals surface area contributed by atoms with E-state index in [4.69, 9.17) is 21.1 Å². The molecule has 1 aliphatic heterocycles. The molecule has 2 aromatic rings. The number of methoxy groups -OCH3 is 1. The number of benzene rings is 2. The van der Waals surface area contributed by atoms with Gasteiger partial charge in [0, 0.05) is 29.4 Å². The quantitative estimate of drug-likeness (QED) is 0.797. The molecule has 0 spiro atoms. The average molecular weight is 425 g/mol. The topological polar surface area (TPSA) is 84.9 Å². The number of carbonyl (C=O) groups excluding carboxylic acids is 1. The highest BCUT2D eigenvalue weighted by atomic mass is 35.5. The Kier molecular flexibility index (Phi) is 6.12. The lowest BCUT2D eigenvalue weighted by molar-refractivity contribution is 0.0303. The largest absolute Gasteiger partial charge is 0.495 e. The molecule has 0 aliphatic carbocycles. The monoisotopic (exact) mass is 424 g/mol. The number of carbonyl (C=O) groups is 1. The van der Waals surface area contributed by atoms with Crippen molar-refractivity contribution in [2.45, 2.75) is 11.8 Å². The van der Waals surface area contributed by atoms with Gasteiger partial charge in [-0.05, 0) is 42.8 Å². The van der Waals surface area contributed by atoms with E-state index in [1.807, 2.05) is 0 Å². The molecule has 0 bridgehead atoms. The van der Waals surface area contributed by atoms with Gasteiger partial charge in [-0.1, -0.05) is 17.7 Å². The predicted octanol–water partition coefficient (Wildman–Crippen LogP) is 2.93. The van der Waals surface area contributed by atoms with Crippen LogP contribution >= 0.6 is 11.6 Å². The number of nitrogens with one attached hydrogen (secondary N) is 1. The Balaban J connectivity index is 1.87. The minimum Gasteiger partial charge on any atom is -0.495 e. The Morgan fingerprint density at radius 1 is 1.21 bits per heavy atom. The summed E-state index contributed by atoms with van der Waals surface area (Å²) in [6.45, 7) is 3.76. The van der Waals surface area contributed by atoms with Crippen molar-refractivity contribution in [2.24, 2.45) is 0 Å². The molecule has 0 radical (unpaired) electrons. The van der Waals surface area contributed by atoms with Crippen molar-refractivity contribution in [1.82, 2.24) is 4.90 Å². The molecule has 0 aromatic heterocycles. The van der Waals surface area contributed by atoms with Gasteiger partial charge in [0.2, 0.25) is 0 Å². The van der Waals surface area contributed by atoms with Gasteiger partial charge in [-0.25, -0.2) is 8.42 Å². The normalized spacial score (nSPS) is 14.6. The molecular formula is C19H21ClN2O5S. The first-order valence-electron chi connectivity index (χ1n) is 8.66. The molecular weight excluding hydrogens is 404 g/mol. The third-order valence-electron chi connectivity index (χ3n) is 4.39. The van der Waals surface area contributed by atoms with Crippen LogP contribution in [0.25, 0.3) is 0 Å². The summed E-state index contributed by atoms with van der Waals surface area (Å²) in [6, 6.07) is 9.29. The highest BCUT2D eigenvalue weighted by Gasteiger charge is 2.23. The third-order valence-corrected chi connectivity index (χ3v) is 6.20. The van der Waals surface area contributed by atoms with Crippen molar-refractivity contribution in [1.29, 1.82) is 0 Å². The smallest absolute Gasteiger partial charge is 0.265 e. The van der Waals surface area contributed by atoms with Crippen LogP contribution in [0.2, 0.25) is 5.02 Å². The number of anilines is 1. The van der Waals surface area contributed by atoms with E-state index >= 15 is 0 Å². The first-order valence-corrected chi connectivity index (χ1v) is 10.5. The minimum atomic E-state index is -3.97. The van der Waals surface area contributed by atoms with Gasteiger partial charge in [0.15, 0.2) is 0 Å². The molecule has 1 amide bonds. The number of amides is 1. The van der Waals surface area contributed by atoms with Gasteiger partial charge in [0.1, 0.15) is 10.6 Å². The van der Waals surface area contributed by atoms with E-state index < -0.39 is 10.0 Å². The van der Waals surface area contributed by atoms with Gasteiger partial charge < -0.3 is 14.4 Å². The summed E-state index contributed by atoms with van der Waals surface area (Å²) < 4.78 is 38.7. The van der Waals surface area contributed by atoms with E-state index in [2.05, 4.69) is 4.72 Å². The van der Waals surface area contributed by atoms with Crippen LogP contribution in [-0.4, -0.2) is 52.6 Å². The number of ether oxygens (including phenoxy) is 2. The van der Waals surface area contributed by atoms with Crippen LogP contribution in [0.1, 0.15) is 15.9 Å². The summed E-state index contributed by atoms with van der Waals surface area (Å²) in [7, 11) is -2.57. The van der Waals surface area contributed by atoms with Crippen molar-refractivity contribution in [3.8, 4) is 5.75 Å². The van der Waals surface area contributed by atoms with Gasteiger partial charge in [0.25, 0.3) is 15.9 Å². The van der Waals surface area contributed by atoms with Crippen molar-refractivity contribution >= 4 is 33.2 Å². The van der Waals surface area contributed by atoms with Gasteiger partial charge in [-0.15, -0.1) is 0 Å². The fraction of sp³-hybridized carbons (Fsp3) is 0.316. The van der Waals surface area contributed by atoms with Crippen molar-refractivity contribution < 1.29 is 22.7 Å². The molecule has 0 atom stereocenters. The van der Waals surface area contributed by atoms with Gasteiger partial charge in [-0.3, -0.25) is 9.52 Å². The molecule has 1 aliphatic rings. The van der Waals surface area contributed by atoms with Gasteiger partial charge in [-0.2, -0.15) is 0 Å². The Bertz CT molecular complexity index is 988. The Labute approximate surface area is 169 Å². The summed E-state index contributed by atoms with van der Waals surface area (Å²) >= 11 is 6.10. The number of sulfonamides is 1. The fourth-order valence-corrected chi connectivity index (χ4v) is 4.34. The fourth-order valence-electron chi connectivity index (χ4n) is 2.88. The van der Waals surface area contributed by atoms with Crippen LogP contribution in [0.5, 0.6) is 5.75 Å². The molecule has 1 saturated heterocycles. The lowest BCUT2D eigenvalue weighted by Gasteiger charge is -2.27. The second kappa shape index (κ2) is 8.38. The van der Waals surface area contributed by atoms with E-state index in [0.29, 0.717) is 42.5 Å². The van der Waals surface area contributed by atoms with Crippen LogP contribution in [0.3, 0.4) is 0 Å². The molecule has 0 saturated carbocycles. The van der Waals surface area contributed by atoms with Crippen LogP contribution < -0.4 is 9.46 Å². The first-order chi connectivity index (χ1) is 13.3. The Morgan fingerprint density at radius 3 is 2.61 bits per heavy atom. The number of morpholine rings is 1. The van der Waals surface area contributed by atoms with E-state index in [-0.39, 0.29) is 22.2 Å². The maximum Gasteiger partial charge on any atom is 0.265 e. The highest BCUT2D eigenvalue weighted by molar-refractivity contribution is 7.92. The summed E-state index contributed by atoms with van der Waals surface area (Å²) in [4.78, 5) is 14.2. The van der Waals surface area contributed by atoms with E-state index in [9.17, 15) is 13.2 Å². The zero-order chi connectivity index (χ0) is 20.3. The van der Waals surface area contributed by atoms with Crippen molar-refractivity contribution in [3.05, 3.63) is 52.5 Å². The second-order valence-corrected chi connectivity index (χ2v) is 8.40. The molecule has 1 N–H and O–H groups in total. The van der Waals surface area contributed by atoms with Crippen molar-refractivity contribution in [2.75, 3.05) is 38.1 Å². The summed E-state index contributed by atoms with van der Waals surface area (Å²) in [5, 5.41) is 0.317. The summed E-state index contributed by atoms with van der Waals surface area (Å²) in [6.07, 6.45) is 0. The molecule has 2 aromatic carbocycles. The number of rotatable bonds is 5. The minimum absolute atomic E-state index is 0.0736. The van der Waals surface area contributed by atoms with Crippen LogP contribution in [0.4, 0.5) is 5.69 Å². The standard InChI is InChI=1S/C19H21ClN2O5S/c1-13-10-17(26-2)18(12-16(13)20)28(24,25)21-15-5-3-4-14(11-15)19(23)22-6-8-27-9-7-22/h3-5,10-12,21H,6-9H2,1-2H3. The Morgan fingerprint density at radius 2 is 1.93 bits per heavy atom. The van der Waals surface area contributed by atoms with Crippen LogP contribution in [0.15, 0.2) is 41.3 Å². The zero-order valence-corrected chi connectivity index (χ0v) is 17.1. The number of hydrogen-bond acceptors (Lipinski definition) is 5. The number of hydrogen-bond donors (Lipinski definition) is 1. The maximum absolute atomic E-state index is 12.9. The Hall–Kier alpha value is -2.29. The number of nitrogens with zero attached hydrogens (tertiary/aromatic N) is 1. The average Bonchev–Trinajstić information content (AvgIpc) is 2.69.